The predicted octanol–water partition coefficient (Wildman–Crippen LogP) is -3.47. The maximum Gasteiger partial charge on any atom is 0.279 e. The van der Waals surface area contributed by atoms with Crippen LogP contribution in [0.25, 0.3) is 0 Å². The minimum atomic E-state index is -3.91. The second-order valence-electron chi connectivity index (χ2n) is 3.69. The Kier molecular flexibility index (Phi) is 4.80. The molecule has 0 saturated heterocycles. The first-order valence-electron chi connectivity index (χ1n) is 4.71. The van der Waals surface area contributed by atoms with Crippen molar-refractivity contribution in [3.05, 3.63) is 0 Å². The molecule has 0 aliphatic heterocycles. The van der Waals surface area contributed by atoms with E-state index in [1.807, 2.05) is 0 Å². The minimum absolute atomic E-state index is 0.146. The lowest BCUT2D eigenvalue weighted by molar-refractivity contribution is -0.482. The lowest BCUT2D eigenvalue weighted by atomic mass is 9.91. The SMILES string of the molecule is CCCCC(O)(O)C(O)(O)C(O)(O)C(O)O. The fourth-order valence-electron chi connectivity index (χ4n) is 1.07. The number of aliphatic hydroxyl groups excluding tert-OH is 1. The van der Waals surface area contributed by atoms with Crippen molar-refractivity contribution in [3.63, 3.8) is 0 Å². The zero-order chi connectivity index (χ0) is 13.2. The first-order chi connectivity index (χ1) is 7.00. The molecule has 16 heavy (non-hydrogen) atoms. The van der Waals surface area contributed by atoms with Gasteiger partial charge in [0.2, 0.25) is 12.1 Å². The van der Waals surface area contributed by atoms with Crippen LogP contribution in [0.1, 0.15) is 26.2 Å². The van der Waals surface area contributed by atoms with Gasteiger partial charge in [-0.05, 0) is 6.42 Å². The van der Waals surface area contributed by atoms with E-state index in [9.17, 15) is 20.4 Å². The maximum absolute atomic E-state index is 9.27. The van der Waals surface area contributed by atoms with Crippen molar-refractivity contribution in [3.8, 4) is 0 Å². The molecule has 8 nitrogen and oxygen atoms in total. The fraction of sp³-hybridized carbons (Fsp3) is 1.00. The van der Waals surface area contributed by atoms with Crippen molar-refractivity contribution < 1.29 is 40.9 Å². The number of hydrogen-bond acceptors (Lipinski definition) is 8. The Bertz CT molecular complexity index is 222. The molecule has 98 valence electrons. The molecule has 0 bridgehead atoms. The molecule has 0 aliphatic carbocycles. The van der Waals surface area contributed by atoms with Gasteiger partial charge >= 0.3 is 0 Å². The summed E-state index contributed by atoms with van der Waals surface area (Å²) in [7, 11) is 0. The summed E-state index contributed by atoms with van der Waals surface area (Å²) in [6.45, 7) is 1.68. The summed E-state index contributed by atoms with van der Waals surface area (Å²) in [6, 6.07) is 0. The van der Waals surface area contributed by atoms with Crippen molar-refractivity contribution >= 4 is 0 Å². The van der Waals surface area contributed by atoms with Crippen LogP contribution in [0.3, 0.4) is 0 Å². The van der Waals surface area contributed by atoms with Crippen LogP contribution in [-0.4, -0.2) is 64.5 Å². The van der Waals surface area contributed by atoms with E-state index in [0.29, 0.717) is 6.42 Å². The molecular weight excluding hydrogens is 224 g/mol. The summed E-state index contributed by atoms with van der Waals surface area (Å²) in [5.41, 5.74) is 0. The van der Waals surface area contributed by atoms with Gasteiger partial charge in [0.15, 0.2) is 0 Å². The van der Waals surface area contributed by atoms with Crippen LogP contribution < -0.4 is 0 Å². The van der Waals surface area contributed by atoms with Crippen molar-refractivity contribution in [2.45, 2.75) is 49.8 Å². The number of aliphatic hydroxyl groups is 8. The molecule has 8 N–H and O–H groups in total. The van der Waals surface area contributed by atoms with E-state index in [1.165, 1.54) is 0 Å². The third kappa shape index (κ3) is 2.67. The number of unbranched alkanes of at least 4 members (excludes halogenated alkanes) is 1. The molecule has 0 aromatic carbocycles. The summed E-state index contributed by atoms with van der Waals surface area (Å²) < 4.78 is 0. The average molecular weight is 242 g/mol. The summed E-state index contributed by atoms with van der Waals surface area (Å²) in [5.74, 6) is -11.1. The van der Waals surface area contributed by atoms with Gasteiger partial charge in [-0.1, -0.05) is 13.3 Å². The summed E-state index contributed by atoms with van der Waals surface area (Å²) in [4.78, 5) is 0. The van der Waals surface area contributed by atoms with Crippen LogP contribution in [0, 0.1) is 0 Å². The second-order valence-corrected chi connectivity index (χ2v) is 3.69. The van der Waals surface area contributed by atoms with Crippen molar-refractivity contribution in [2.75, 3.05) is 0 Å². The molecule has 0 saturated carbocycles. The Morgan fingerprint density at radius 2 is 1.38 bits per heavy atom. The van der Waals surface area contributed by atoms with E-state index in [-0.39, 0.29) is 6.42 Å². The van der Waals surface area contributed by atoms with Gasteiger partial charge in [-0.3, -0.25) is 0 Å². The molecule has 0 aromatic rings. The van der Waals surface area contributed by atoms with Gasteiger partial charge in [-0.2, -0.15) is 0 Å². The smallest absolute Gasteiger partial charge is 0.279 e. The molecule has 8 heteroatoms. The quantitative estimate of drug-likeness (QED) is 0.223. The highest BCUT2D eigenvalue weighted by molar-refractivity contribution is 4.94. The van der Waals surface area contributed by atoms with Gasteiger partial charge in [0.1, 0.15) is 0 Å². The second kappa shape index (κ2) is 4.90. The lowest BCUT2D eigenvalue weighted by Gasteiger charge is -2.43. The highest BCUT2D eigenvalue weighted by Gasteiger charge is 2.64. The van der Waals surface area contributed by atoms with Gasteiger partial charge in [-0.15, -0.1) is 0 Å². The monoisotopic (exact) mass is 242 g/mol. The summed E-state index contributed by atoms with van der Waals surface area (Å²) in [5, 5.41) is 72.0. The molecule has 0 amide bonds. The summed E-state index contributed by atoms with van der Waals surface area (Å²) >= 11 is 0. The van der Waals surface area contributed by atoms with E-state index in [4.69, 9.17) is 20.4 Å². The average Bonchev–Trinajstić information content (AvgIpc) is 2.13. The van der Waals surface area contributed by atoms with Gasteiger partial charge in [0.05, 0.1) is 0 Å². The number of hydrogen-bond donors (Lipinski definition) is 8. The van der Waals surface area contributed by atoms with Crippen molar-refractivity contribution in [1.29, 1.82) is 0 Å². The molecule has 0 unspecified atom stereocenters. The predicted molar refractivity (Wildman–Crippen MR) is 49.3 cm³/mol. The Morgan fingerprint density at radius 1 is 0.938 bits per heavy atom. The Morgan fingerprint density at radius 3 is 1.69 bits per heavy atom. The van der Waals surface area contributed by atoms with Gasteiger partial charge in [0, 0.05) is 6.42 Å². The van der Waals surface area contributed by atoms with Crippen molar-refractivity contribution in [1.82, 2.24) is 0 Å². The number of rotatable bonds is 6. The van der Waals surface area contributed by atoms with Crippen LogP contribution in [0.4, 0.5) is 0 Å². The molecule has 0 rings (SSSR count). The van der Waals surface area contributed by atoms with E-state index in [0.717, 1.165) is 0 Å². The van der Waals surface area contributed by atoms with Gasteiger partial charge < -0.3 is 40.9 Å². The van der Waals surface area contributed by atoms with Crippen LogP contribution >= 0.6 is 0 Å². The molecular formula is C8H18O8. The standard InChI is InChI=1S/C8H18O8/c1-2-3-4-6(11,12)8(15,16)7(13,14)5(9)10/h5,9-16H,2-4H2,1H3. The first-order valence-corrected chi connectivity index (χ1v) is 4.71. The van der Waals surface area contributed by atoms with E-state index < -0.39 is 30.1 Å². The van der Waals surface area contributed by atoms with Gasteiger partial charge in [-0.25, -0.2) is 0 Å². The summed E-state index contributed by atoms with van der Waals surface area (Å²) in [6.07, 6.45) is -2.95. The van der Waals surface area contributed by atoms with Crippen LogP contribution in [0.2, 0.25) is 0 Å². The minimum Gasteiger partial charge on any atom is -0.364 e. The first kappa shape index (κ1) is 15.7. The molecule has 0 fully saturated rings. The third-order valence-electron chi connectivity index (χ3n) is 2.31. The topological polar surface area (TPSA) is 162 Å². The molecule has 0 aliphatic rings. The van der Waals surface area contributed by atoms with Crippen molar-refractivity contribution in [2.24, 2.45) is 0 Å². The lowest BCUT2D eigenvalue weighted by Crippen LogP contribution is -2.72. The van der Waals surface area contributed by atoms with Crippen LogP contribution in [0.5, 0.6) is 0 Å². The Labute approximate surface area is 91.6 Å². The van der Waals surface area contributed by atoms with E-state index in [1.54, 1.807) is 6.92 Å². The van der Waals surface area contributed by atoms with Crippen LogP contribution in [-0.2, 0) is 0 Å². The Balaban J connectivity index is 5.01. The van der Waals surface area contributed by atoms with Gasteiger partial charge in [0.25, 0.3) is 11.6 Å². The normalized spacial score (nSPS) is 14.6. The molecule has 0 atom stereocenters. The highest BCUT2D eigenvalue weighted by atomic mass is 16.7. The zero-order valence-electron chi connectivity index (χ0n) is 8.78. The maximum atomic E-state index is 9.27. The van der Waals surface area contributed by atoms with Crippen LogP contribution in [0.15, 0.2) is 0 Å². The molecule has 0 radical (unpaired) electrons. The molecule has 0 spiro atoms. The Hall–Kier alpha value is -0.320. The van der Waals surface area contributed by atoms with E-state index >= 15 is 0 Å². The zero-order valence-corrected chi connectivity index (χ0v) is 8.78. The largest absolute Gasteiger partial charge is 0.364 e. The molecule has 0 heterocycles. The van der Waals surface area contributed by atoms with E-state index in [2.05, 4.69) is 0 Å². The molecule has 0 aromatic heterocycles. The highest BCUT2D eigenvalue weighted by Crippen LogP contribution is 2.32. The fourth-order valence-corrected chi connectivity index (χ4v) is 1.07. The third-order valence-corrected chi connectivity index (χ3v) is 2.31.